The lowest BCUT2D eigenvalue weighted by molar-refractivity contribution is -0.146. The van der Waals surface area contributed by atoms with E-state index in [9.17, 15) is 13.2 Å². The minimum atomic E-state index is -4.42. The Morgan fingerprint density at radius 1 is 1.12 bits per heavy atom. The van der Waals surface area contributed by atoms with Crippen LogP contribution in [0.25, 0.3) is 11.0 Å². The molecule has 2 heterocycles. The number of hydrogen-bond acceptors (Lipinski definition) is 3. The van der Waals surface area contributed by atoms with Gasteiger partial charge in [0.05, 0.1) is 11.0 Å². The van der Waals surface area contributed by atoms with Crippen LogP contribution in [0, 0.1) is 0 Å². The lowest BCUT2D eigenvalue weighted by atomic mass is 10.2. The molecule has 4 nitrogen and oxygen atoms in total. The highest BCUT2D eigenvalue weighted by Crippen LogP contribution is 2.31. The van der Waals surface area contributed by atoms with Crippen LogP contribution in [0.15, 0.2) is 18.2 Å². The van der Waals surface area contributed by atoms with Gasteiger partial charge >= 0.3 is 6.18 Å². The van der Waals surface area contributed by atoms with Crippen LogP contribution in [-0.4, -0.2) is 29.8 Å². The molecule has 0 amide bonds. The van der Waals surface area contributed by atoms with Gasteiger partial charge in [-0.15, -0.1) is 0 Å². The molecule has 0 unspecified atom stereocenters. The van der Waals surface area contributed by atoms with E-state index in [1.807, 2.05) is 13.8 Å². The van der Waals surface area contributed by atoms with Crippen LogP contribution < -0.4 is 5.32 Å². The Kier molecular flexibility index (Phi) is 8.04. The third-order valence-electron chi connectivity index (χ3n) is 3.50. The summed E-state index contributed by atoms with van der Waals surface area (Å²) >= 11 is 0. The highest BCUT2D eigenvalue weighted by atomic mass is 19.4. The lowest BCUT2D eigenvalue weighted by Gasteiger charge is -2.08. The van der Waals surface area contributed by atoms with Crippen LogP contribution >= 0.6 is 0 Å². The molecule has 7 heteroatoms. The van der Waals surface area contributed by atoms with Gasteiger partial charge in [0.15, 0.2) is 0 Å². The number of ether oxygens (including phenoxy) is 1. The Labute approximate surface area is 141 Å². The fourth-order valence-electron chi connectivity index (χ4n) is 2.30. The van der Waals surface area contributed by atoms with E-state index in [4.69, 9.17) is 4.74 Å². The van der Waals surface area contributed by atoms with Gasteiger partial charge in [0.1, 0.15) is 0 Å². The zero-order valence-corrected chi connectivity index (χ0v) is 14.7. The summed E-state index contributed by atoms with van der Waals surface area (Å²) in [6, 6.07) is 4.91. The molecule has 1 saturated heterocycles. The number of halogens is 3. The summed E-state index contributed by atoms with van der Waals surface area (Å²) in [4.78, 5) is 3.59. The number of fused-ring (bicyclic) bond motifs is 1. The maximum Gasteiger partial charge on any atom is 0.449 e. The van der Waals surface area contributed by atoms with Crippen molar-refractivity contribution >= 4 is 16.7 Å². The van der Waals surface area contributed by atoms with Gasteiger partial charge in [-0.1, -0.05) is 13.8 Å². The zero-order chi connectivity index (χ0) is 18.2. The molecule has 3 rings (SSSR count). The van der Waals surface area contributed by atoms with Crippen LogP contribution in [0.2, 0.25) is 0 Å². The smallest absolute Gasteiger partial charge is 0.388 e. The second-order valence-corrected chi connectivity index (χ2v) is 5.12. The second-order valence-electron chi connectivity index (χ2n) is 5.12. The van der Waals surface area contributed by atoms with Crippen molar-refractivity contribution in [3.05, 3.63) is 24.0 Å². The number of rotatable bonds is 1. The number of aryl methyl sites for hydroxylation is 1. The van der Waals surface area contributed by atoms with E-state index in [1.54, 1.807) is 25.2 Å². The van der Waals surface area contributed by atoms with Crippen LogP contribution in [0.4, 0.5) is 18.9 Å². The van der Waals surface area contributed by atoms with Crippen molar-refractivity contribution < 1.29 is 17.9 Å². The van der Waals surface area contributed by atoms with Gasteiger partial charge in [-0.25, -0.2) is 4.98 Å². The third-order valence-corrected chi connectivity index (χ3v) is 3.50. The molecule has 0 radical (unpaired) electrons. The van der Waals surface area contributed by atoms with Crippen molar-refractivity contribution in [2.45, 2.75) is 39.3 Å². The van der Waals surface area contributed by atoms with E-state index in [1.165, 1.54) is 26.3 Å². The van der Waals surface area contributed by atoms with Crippen LogP contribution in [0.5, 0.6) is 0 Å². The highest BCUT2D eigenvalue weighted by molar-refractivity contribution is 5.80. The van der Waals surface area contributed by atoms with Gasteiger partial charge in [-0.2, -0.15) is 13.2 Å². The Balaban J connectivity index is 0.000000300. The molecule has 1 aromatic carbocycles. The molecule has 0 bridgehead atoms. The van der Waals surface area contributed by atoms with Gasteiger partial charge in [0.25, 0.3) is 0 Å². The van der Waals surface area contributed by atoms with E-state index < -0.39 is 12.0 Å². The summed E-state index contributed by atoms with van der Waals surface area (Å²) in [5.74, 6) is -0.879. The average molecular weight is 345 g/mol. The van der Waals surface area contributed by atoms with E-state index in [2.05, 4.69) is 10.3 Å². The molecule has 1 fully saturated rings. The summed E-state index contributed by atoms with van der Waals surface area (Å²) in [6.07, 6.45) is -0.492. The number of anilines is 1. The molecule has 0 saturated carbocycles. The maximum absolute atomic E-state index is 12.6. The Hall–Kier alpha value is -1.76. The van der Waals surface area contributed by atoms with E-state index in [-0.39, 0.29) is 0 Å². The van der Waals surface area contributed by atoms with E-state index in [0.717, 1.165) is 23.5 Å². The minimum absolute atomic E-state index is 0.335. The molecular formula is C17H26F3N3O. The summed E-state index contributed by atoms with van der Waals surface area (Å²) in [5.41, 5.74) is 1.53. The van der Waals surface area contributed by atoms with Crippen molar-refractivity contribution in [3.63, 3.8) is 0 Å². The predicted octanol–water partition coefficient (Wildman–Crippen LogP) is 4.85. The van der Waals surface area contributed by atoms with Crippen molar-refractivity contribution in [1.29, 1.82) is 0 Å². The summed E-state index contributed by atoms with van der Waals surface area (Å²) in [7, 11) is 3.06. The van der Waals surface area contributed by atoms with Crippen LogP contribution in [0.1, 0.15) is 38.9 Å². The summed E-state index contributed by atoms with van der Waals surface area (Å²) in [5, 5.41) is 2.86. The number of aromatic nitrogens is 2. The lowest BCUT2D eigenvalue weighted by Crippen LogP contribution is -2.12. The fraction of sp³-hybridized carbons (Fsp3) is 0.588. The fourth-order valence-corrected chi connectivity index (χ4v) is 2.30. The molecule has 1 N–H and O–H groups in total. The predicted molar refractivity (Wildman–Crippen MR) is 91.3 cm³/mol. The van der Waals surface area contributed by atoms with Crippen LogP contribution in [-0.2, 0) is 18.0 Å². The number of benzene rings is 1. The molecule has 24 heavy (non-hydrogen) atoms. The van der Waals surface area contributed by atoms with Gasteiger partial charge in [-0.05, 0) is 37.5 Å². The largest absolute Gasteiger partial charge is 0.449 e. The maximum atomic E-state index is 12.6. The van der Waals surface area contributed by atoms with Gasteiger partial charge in [-0.3, -0.25) is 0 Å². The summed E-state index contributed by atoms with van der Waals surface area (Å²) in [6.45, 7) is 6.00. The number of nitrogens with zero attached hydrogens (tertiary/aromatic N) is 2. The quantitative estimate of drug-likeness (QED) is 0.803. The first kappa shape index (κ1) is 20.3. The molecule has 1 aromatic heterocycles. The van der Waals surface area contributed by atoms with Crippen molar-refractivity contribution in [3.8, 4) is 0 Å². The normalized spacial score (nSPS) is 14.3. The second kappa shape index (κ2) is 9.52. The number of alkyl halides is 3. The standard InChI is InChI=1S/C10H10F3N3.C5H10O.C2H6/c1-14-6-3-4-8-7(5-6)15-9(16(8)2)10(11,12)13;1-2-4-6-5-3-1;1-2/h3-5,14H,1-2H3;1-5H2;1-2H3. The Morgan fingerprint density at radius 2 is 1.75 bits per heavy atom. The van der Waals surface area contributed by atoms with Gasteiger partial charge in [0.2, 0.25) is 5.82 Å². The molecule has 1 aliphatic heterocycles. The Morgan fingerprint density at radius 3 is 2.17 bits per heavy atom. The van der Waals surface area contributed by atoms with Crippen molar-refractivity contribution in [2.24, 2.45) is 7.05 Å². The Bertz CT molecular complexity index is 608. The third kappa shape index (κ3) is 5.40. The topological polar surface area (TPSA) is 39.1 Å². The van der Waals surface area contributed by atoms with Crippen molar-refractivity contribution in [1.82, 2.24) is 9.55 Å². The molecule has 0 spiro atoms. The van der Waals surface area contributed by atoms with Crippen molar-refractivity contribution in [2.75, 3.05) is 25.6 Å². The first-order chi connectivity index (χ1) is 11.4. The molecule has 1 aliphatic rings. The summed E-state index contributed by atoms with van der Waals surface area (Å²) < 4.78 is 43.8. The van der Waals surface area contributed by atoms with E-state index in [0.29, 0.717) is 11.0 Å². The van der Waals surface area contributed by atoms with Crippen LogP contribution in [0.3, 0.4) is 0 Å². The number of nitrogens with one attached hydrogen (secondary N) is 1. The zero-order valence-electron chi connectivity index (χ0n) is 14.7. The molecule has 0 aliphatic carbocycles. The first-order valence-corrected chi connectivity index (χ1v) is 8.22. The first-order valence-electron chi connectivity index (χ1n) is 8.22. The molecule has 136 valence electrons. The van der Waals surface area contributed by atoms with Gasteiger partial charge in [0, 0.05) is 33.0 Å². The molecule has 0 atom stereocenters. The monoisotopic (exact) mass is 345 g/mol. The van der Waals surface area contributed by atoms with E-state index >= 15 is 0 Å². The highest BCUT2D eigenvalue weighted by Gasteiger charge is 2.36. The average Bonchev–Trinajstić information content (AvgIpc) is 2.95. The molecule has 2 aromatic rings. The SMILES string of the molecule is C1CCOCC1.CC.CNc1ccc2c(c1)nc(C(F)(F)F)n2C. The minimum Gasteiger partial charge on any atom is -0.388 e. The van der Waals surface area contributed by atoms with Gasteiger partial charge < -0.3 is 14.6 Å². The number of imidazole rings is 1. The molecular weight excluding hydrogens is 319 g/mol. The number of hydrogen-bond donors (Lipinski definition) is 1.